The van der Waals surface area contributed by atoms with Crippen LogP contribution in [0.3, 0.4) is 0 Å². The quantitative estimate of drug-likeness (QED) is 0.595. The SMILES string of the molecule is C=CCOc1nc2ccc(C)cc2cc1C=O. The predicted molar refractivity (Wildman–Crippen MR) is 67.6 cm³/mol. The lowest BCUT2D eigenvalue weighted by molar-refractivity contribution is 0.111. The Bertz CT molecular complexity index is 576. The van der Waals surface area contributed by atoms with E-state index in [0.29, 0.717) is 18.1 Å². The third-order valence-corrected chi connectivity index (χ3v) is 2.43. The van der Waals surface area contributed by atoms with Gasteiger partial charge in [0.1, 0.15) is 6.61 Å². The molecule has 0 aliphatic heterocycles. The summed E-state index contributed by atoms with van der Waals surface area (Å²) in [4.78, 5) is 15.3. The number of fused-ring (bicyclic) bond motifs is 1. The molecule has 1 aromatic heterocycles. The van der Waals surface area contributed by atoms with Gasteiger partial charge in [-0.1, -0.05) is 24.3 Å². The van der Waals surface area contributed by atoms with E-state index >= 15 is 0 Å². The van der Waals surface area contributed by atoms with Crippen molar-refractivity contribution in [3.05, 3.63) is 48.0 Å². The van der Waals surface area contributed by atoms with E-state index in [9.17, 15) is 4.79 Å². The minimum Gasteiger partial charge on any atom is -0.473 e. The van der Waals surface area contributed by atoms with Crippen molar-refractivity contribution in [3.8, 4) is 5.88 Å². The summed E-state index contributed by atoms with van der Waals surface area (Å²) in [5.74, 6) is 0.358. The summed E-state index contributed by atoms with van der Waals surface area (Å²) < 4.78 is 5.36. The molecule has 0 radical (unpaired) electrons. The number of ether oxygens (including phenoxy) is 1. The number of aryl methyl sites for hydroxylation is 1. The number of aldehydes is 1. The van der Waals surface area contributed by atoms with Crippen molar-refractivity contribution in [3.63, 3.8) is 0 Å². The zero-order valence-electron chi connectivity index (χ0n) is 9.64. The number of hydrogen-bond donors (Lipinski definition) is 0. The Balaban J connectivity index is 2.55. The van der Waals surface area contributed by atoms with Crippen LogP contribution in [-0.2, 0) is 0 Å². The van der Waals surface area contributed by atoms with Gasteiger partial charge in [-0.15, -0.1) is 0 Å². The highest BCUT2D eigenvalue weighted by molar-refractivity contribution is 5.88. The first-order chi connectivity index (χ1) is 8.24. The molecule has 0 aliphatic carbocycles. The van der Waals surface area contributed by atoms with E-state index in [4.69, 9.17) is 4.74 Å². The summed E-state index contributed by atoms with van der Waals surface area (Å²) in [5, 5.41) is 0.943. The van der Waals surface area contributed by atoms with E-state index in [1.54, 1.807) is 12.1 Å². The van der Waals surface area contributed by atoms with Crippen molar-refractivity contribution in [1.29, 1.82) is 0 Å². The molecule has 0 spiro atoms. The van der Waals surface area contributed by atoms with E-state index in [-0.39, 0.29) is 0 Å². The third kappa shape index (κ3) is 2.33. The molecule has 0 amide bonds. The molecule has 3 nitrogen and oxygen atoms in total. The van der Waals surface area contributed by atoms with Crippen LogP contribution in [0.25, 0.3) is 10.9 Å². The maximum atomic E-state index is 11.0. The molecule has 3 heteroatoms. The average molecular weight is 227 g/mol. The van der Waals surface area contributed by atoms with Crippen LogP contribution in [0.5, 0.6) is 5.88 Å². The molecule has 2 rings (SSSR count). The molecule has 0 N–H and O–H groups in total. The summed E-state index contributed by atoms with van der Waals surface area (Å²) in [6, 6.07) is 7.68. The lowest BCUT2D eigenvalue weighted by Gasteiger charge is -2.07. The first-order valence-electron chi connectivity index (χ1n) is 5.35. The van der Waals surface area contributed by atoms with E-state index in [0.717, 1.165) is 22.8 Å². The Morgan fingerprint density at radius 2 is 2.24 bits per heavy atom. The molecule has 0 aliphatic rings. The zero-order chi connectivity index (χ0) is 12.3. The Kier molecular flexibility index (Phi) is 3.19. The number of carbonyl (C=O) groups is 1. The Morgan fingerprint density at radius 3 is 2.94 bits per heavy atom. The number of hydrogen-bond acceptors (Lipinski definition) is 3. The fraction of sp³-hybridized carbons (Fsp3) is 0.143. The number of benzene rings is 1. The van der Waals surface area contributed by atoms with Gasteiger partial charge in [-0.3, -0.25) is 4.79 Å². The summed E-state index contributed by atoms with van der Waals surface area (Å²) in [7, 11) is 0. The second-order valence-corrected chi connectivity index (χ2v) is 3.80. The predicted octanol–water partition coefficient (Wildman–Crippen LogP) is 2.92. The van der Waals surface area contributed by atoms with Gasteiger partial charge >= 0.3 is 0 Å². The van der Waals surface area contributed by atoms with Crippen molar-refractivity contribution in [2.24, 2.45) is 0 Å². The van der Waals surface area contributed by atoms with E-state index < -0.39 is 0 Å². The van der Waals surface area contributed by atoms with Crippen molar-refractivity contribution in [1.82, 2.24) is 4.98 Å². The van der Waals surface area contributed by atoms with Crippen LogP contribution in [0.1, 0.15) is 15.9 Å². The van der Waals surface area contributed by atoms with Crippen LogP contribution in [0.2, 0.25) is 0 Å². The van der Waals surface area contributed by atoms with Gasteiger partial charge in [-0.05, 0) is 25.1 Å². The second-order valence-electron chi connectivity index (χ2n) is 3.80. The molecular weight excluding hydrogens is 214 g/mol. The minimum absolute atomic E-state index is 0.339. The van der Waals surface area contributed by atoms with Gasteiger partial charge in [-0.2, -0.15) is 0 Å². The topological polar surface area (TPSA) is 39.2 Å². The number of pyridine rings is 1. The summed E-state index contributed by atoms with van der Waals surface area (Å²) >= 11 is 0. The summed E-state index contributed by atoms with van der Waals surface area (Å²) in [6.45, 7) is 5.90. The maximum Gasteiger partial charge on any atom is 0.225 e. The Hall–Kier alpha value is -2.16. The van der Waals surface area contributed by atoms with Gasteiger partial charge in [-0.25, -0.2) is 4.98 Å². The highest BCUT2D eigenvalue weighted by Gasteiger charge is 2.07. The lowest BCUT2D eigenvalue weighted by Crippen LogP contribution is -2.00. The highest BCUT2D eigenvalue weighted by atomic mass is 16.5. The fourth-order valence-corrected chi connectivity index (χ4v) is 1.63. The van der Waals surface area contributed by atoms with E-state index in [1.807, 2.05) is 25.1 Å². The molecule has 2 aromatic rings. The monoisotopic (exact) mass is 227 g/mol. The molecule has 1 aromatic carbocycles. The van der Waals surface area contributed by atoms with Crippen molar-refractivity contribution in [2.75, 3.05) is 6.61 Å². The molecule has 1 heterocycles. The van der Waals surface area contributed by atoms with Crippen LogP contribution in [0.4, 0.5) is 0 Å². The number of nitrogens with zero attached hydrogens (tertiary/aromatic N) is 1. The first kappa shape index (κ1) is 11.3. The van der Waals surface area contributed by atoms with Crippen molar-refractivity contribution < 1.29 is 9.53 Å². The average Bonchev–Trinajstić information content (AvgIpc) is 2.35. The molecule has 0 atom stereocenters. The third-order valence-electron chi connectivity index (χ3n) is 2.43. The summed E-state index contributed by atoms with van der Waals surface area (Å²) in [5.41, 5.74) is 2.42. The zero-order valence-corrected chi connectivity index (χ0v) is 9.64. The maximum absolute atomic E-state index is 11.0. The molecule has 0 saturated carbocycles. The van der Waals surface area contributed by atoms with Gasteiger partial charge in [0.25, 0.3) is 0 Å². The fourth-order valence-electron chi connectivity index (χ4n) is 1.63. The van der Waals surface area contributed by atoms with Gasteiger partial charge in [0.15, 0.2) is 6.29 Å². The van der Waals surface area contributed by atoms with Gasteiger partial charge in [0.2, 0.25) is 5.88 Å². The van der Waals surface area contributed by atoms with Crippen LogP contribution in [-0.4, -0.2) is 17.9 Å². The smallest absolute Gasteiger partial charge is 0.225 e. The standard InChI is InChI=1S/C14H13NO2/c1-3-6-17-14-12(9-16)8-11-7-10(2)4-5-13(11)15-14/h3-5,7-9H,1,6H2,2H3. The highest BCUT2D eigenvalue weighted by Crippen LogP contribution is 2.22. The van der Waals surface area contributed by atoms with E-state index in [1.165, 1.54) is 0 Å². The van der Waals surface area contributed by atoms with Gasteiger partial charge in [0, 0.05) is 5.39 Å². The largest absolute Gasteiger partial charge is 0.473 e. The van der Waals surface area contributed by atoms with Crippen molar-refractivity contribution >= 4 is 17.2 Å². The Labute approximate surface area is 99.7 Å². The lowest BCUT2D eigenvalue weighted by atomic mass is 10.1. The molecule has 0 unspecified atom stereocenters. The van der Waals surface area contributed by atoms with Crippen LogP contribution in [0, 0.1) is 6.92 Å². The molecule has 0 saturated heterocycles. The molecule has 0 bridgehead atoms. The Morgan fingerprint density at radius 1 is 1.41 bits per heavy atom. The normalized spacial score (nSPS) is 10.2. The van der Waals surface area contributed by atoms with Gasteiger partial charge < -0.3 is 4.74 Å². The number of carbonyl (C=O) groups excluding carboxylic acids is 1. The van der Waals surface area contributed by atoms with Crippen LogP contribution < -0.4 is 4.74 Å². The van der Waals surface area contributed by atoms with E-state index in [2.05, 4.69) is 11.6 Å². The first-order valence-corrected chi connectivity index (χ1v) is 5.35. The van der Waals surface area contributed by atoms with Crippen molar-refractivity contribution in [2.45, 2.75) is 6.92 Å². The molecular formula is C14H13NO2. The molecule has 86 valence electrons. The molecule has 0 fully saturated rings. The number of aromatic nitrogens is 1. The van der Waals surface area contributed by atoms with Gasteiger partial charge in [0.05, 0.1) is 11.1 Å². The summed E-state index contributed by atoms with van der Waals surface area (Å²) in [6.07, 6.45) is 2.38. The van der Waals surface area contributed by atoms with Crippen LogP contribution in [0.15, 0.2) is 36.9 Å². The second kappa shape index (κ2) is 4.78. The van der Waals surface area contributed by atoms with Crippen LogP contribution >= 0.6 is 0 Å². The minimum atomic E-state index is 0.339. The molecule has 17 heavy (non-hydrogen) atoms. The number of rotatable bonds is 4.